The van der Waals surface area contributed by atoms with Gasteiger partial charge in [-0.1, -0.05) is 5.16 Å². The van der Waals surface area contributed by atoms with Gasteiger partial charge in [-0.3, -0.25) is 4.79 Å². The van der Waals surface area contributed by atoms with E-state index in [2.05, 4.69) is 10.1 Å². The lowest BCUT2D eigenvalue weighted by Gasteiger charge is -1.87. The van der Waals surface area contributed by atoms with Crippen molar-refractivity contribution in [2.75, 3.05) is 0 Å². The fraction of sp³-hybridized carbons (Fsp3) is 0.300. The van der Waals surface area contributed by atoms with Gasteiger partial charge in [0.1, 0.15) is 0 Å². The molecule has 2 aromatic heterocycles. The second kappa shape index (κ2) is 4.44. The minimum atomic E-state index is -0.869. The van der Waals surface area contributed by atoms with Gasteiger partial charge in [-0.05, 0) is 13.0 Å². The van der Waals surface area contributed by atoms with E-state index in [1.807, 2.05) is 18.4 Å². The fourth-order valence-corrected chi connectivity index (χ4v) is 1.93. The van der Waals surface area contributed by atoms with E-state index in [0.29, 0.717) is 11.7 Å². The molecule has 0 atom stereocenters. The van der Waals surface area contributed by atoms with Gasteiger partial charge in [-0.15, -0.1) is 11.3 Å². The van der Waals surface area contributed by atoms with E-state index in [1.165, 1.54) is 4.88 Å². The average molecular weight is 238 g/mol. The molecule has 0 fully saturated rings. The van der Waals surface area contributed by atoms with Gasteiger partial charge in [0.2, 0.25) is 11.7 Å². The van der Waals surface area contributed by atoms with Crippen LogP contribution in [0.4, 0.5) is 0 Å². The zero-order chi connectivity index (χ0) is 11.5. The van der Waals surface area contributed by atoms with Crippen molar-refractivity contribution >= 4 is 17.3 Å². The van der Waals surface area contributed by atoms with Crippen LogP contribution in [0.15, 0.2) is 16.0 Å². The van der Waals surface area contributed by atoms with Gasteiger partial charge in [-0.2, -0.15) is 4.98 Å². The summed E-state index contributed by atoms with van der Waals surface area (Å²) in [6.45, 7) is 2.00. The van der Waals surface area contributed by atoms with Crippen molar-refractivity contribution in [3.05, 3.63) is 22.2 Å². The molecule has 2 rings (SSSR count). The molecule has 2 heterocycles. The van der Waals surface area contributed by atoms with E-state index >= 15 is 0 Å². The van der Waals surface area contributed by atoms with Crippen LogP contribution in [-0.4, -0.2) is 21.2 Å². The van der Waals surface area contributed by atoms with Crippen molar-refractivity contribution < 1.29 is 14.4 Å². The van der Waals surface area contributed by atoms with Gasteiger partial charge in [-0.25, -0.2) is 0 Å². The molecule has 84 valence electrons. The Morgan fingerprint density at radius 2 is 2.44 bits per heavy atom. The summed E-state index contributed by atoms with van der Waals surface area (Å²) in [7, 11) is 0. The quantitative estimate of drug-likeness (QED) is 0.882. The second-order valence-electron chi connectivity index (χ2n) is 3.35. The highest BCUT2D eigenvalue weighted by molar-refractivity contribution is 7.10. The van der Waals surface area contributed by atoms with Crippen LogP contribution in [0, 0.1) is 6.92 Å². The van der Waals surface area contributed by atoms with Crippen LogP contribution in [0.3, 0.4) is 0 Å². The Bertz CT molecular complexity index is 504. The van der Waals surface area contributed by atoms with Crippen LogP contribution in [0.25, 0.3) is 11.4 Å². The maximum Gasteiger partial charge on any atom is 0.303 e. The molecular formula is C10H10N2O3S. The minimum Gasteiger partial charge on any atom is -0.481 e. The molecule has 0 bridgehead atoms. The fourth-order valence-electron chi connectivity index (χ4n) is 1.25. The molecule has 0 saturated carbocycles. The summed E-state index contributed by atoms with van der Waals surface area (Å²) in [5.41, 5.74) is 0.910. The van der Waals surface area contributed by atoms with E-state index in [0.717, 1.165) is 5.56 Å². The van der Waals surface area contributed by atoms with Crippen LogP contribution in [0.1, 0.15) is 17.2 Å². The van der Waals surface area contributed by atoms with E-state index in [-0.39, 0.29) is 12.8 Å². The predicted molar refractivity (Wildman–Crippen MR) is 58.3 cm³/mol. The summed E-state index contributed by atoms with van der Waals surface area (Å²) in [5, 5.41) is 14.3. The molecule has 0 amide bonds. The Balaban J connectivity index is 2.10. The SMILES string of the molecule is Cc1cc(-c2noc(CCC(=O)O)n2)cs1. The number of aliphatic carboxylic acids is 1. The highest BCUT2D eigenvalue weighted by Gasteiger charge is 2.10. The molecule has 0 unspecified atom stereocenters. The molecular weight excluding hydrogens is 228 g/mol. The first-order valence-electron chi connectivity index (χ1n) is 4.75. The lowest BCUT2D eigenvalue weighted by molar-refractivity contribution is -0.137. The van der Waals surface area contributed by atoms with Crippen LogP contribution in [-0.2, 0) is 11.2 Å². The minimum absolute atomic E-state index is 0.00426. The number of rotatable bonds is 4. The zero-order valence-electron chi connectivity index (χ0n) is 8.64. The Hall–Kier alpha value is -1.69. The molecule has 1 N–H and O–H groups in total. The summed E-state index contributed by atoms with van der Waals surface area (Å²) < 4.78 is 4.96. The maximum absolute atomic E-state index is 10.4. The number of hydrogen-bond acceptors (Lipinski definition) is 5. The van der Waals surface area contributed by atoms with Crippen LogP contribution in [0.5, 0.6) is 0 Å². The maximum atomic E-state index is 10.4. The van der Waals surface area contributed by atoms with Crippen molar-refractivity contribution in [1.29, 1.82) is 0 Å². The number of carboxylic acids is 1. The van der Waals surface area contributed by atoms with Gasteiger partial charge in [0, 0.05) is 22.2 Å². The molecule has 16 heavy (non-hydrogen) atoms. The summed E-state index contributed by atoms with van der Waals surface area (Å²) >= 11 is 1.61. The van der Waals surface area contributed by atoms with Crippen molar-refractivity contribution in [3.63, 3.8) is 0 Å². The number of aromatic nitrogens is 2. The highest BCUT2D eigenvalue weighted by Crippen LogP contribution is 2.22. The molecule has 2 aromatic rings. The first-order chi connectivity index (χ1) is 7.65. The first-order valence-corrected chi connectivity index (χ1v) is 5.63. The summed E-state index contributed by atoms with van der Waals surface area (Å²) in [6, 6.07) is 1.97. The van der Waals surface area contributed by atoms with Crippen molar-refractivity contribution in [1.82, 2.24) is 10.1 Å². The molecule has 0 aliphatic rings. The standard InChI is InChI=1S/C10H10N2O3S/c1-6-4-7(5-16-6)10-11-8(15-12-10)2-3-9(13)14/h4-5H,2-3H2,1H3,(H,13,14). The Morgan fingerprint density at radius 1 is 1.62 bits per heavy atom. The van der Waals surface area contributed by atoms with Gasteiger partial charge >= 0.3 is 5.97 Å². The Kier molecular flexibility index (Phi) is 3.00. The Labute approximate surface area is 95.7 Å². The van der Waals surface area contributed by atoms with Crippen molar-refractivity contribution in [2.24, 2.45) is 0 Å². The van der Waals surface area contributed by atoms with Gasteiger partial charge in [0.15, 0.2) is 0 Å². The molecule has 0 saturated heterocycles. The van der Waals surface area contributed by atoms with E-state index in [4.69, 9.17) is 9.63 Å². The molecule has 6 heteroatoms. The van der Waals surface area contributed by atoms with Gasteiger partial charge in [0.05, 0.1) is 6.42 Å². The smallest absolute Gasteiger partial charge is 0.303 e. The topological polar surface area (TPSA) is 76.2 Å². The molecule has 0 aliphatic carbocycles. The molecule has 0 radical (unpaired) electrons. The summed E-state index contributed by atoms with van der Waals surface area (Å²) in [6.07, 6.45) is 0.274. The van der Waals surface area contributed by atoms with E-state index in [9.17, 15) is 4.79 Å². The van der Waals surface area contributed by atoms with Crippen LogP contribution < -0.4 is 0 Å². The largest absolute Gasteiger partial charge is 0.481 e. The number of hydrogen-bond donors (Lipinski definition) is 1. The normalized spacial score (nSPS) is 10.6. The van der Waals surface area contributed by atoms with Crippen LogP contribution in [0.2, 0.25) is 0 Å². The molecule has 0 spiro atoms. The van der Waals surface area contributed by atoms with Gasteiger partial charge in [0.25, 0.3) is 0 Å². The number of thiophene rings is 1. The number of carbonyl (C=O) groups is 1. The summed E-state index contributed by atoms with van der Waals surface area (Å²) in [5.74, 6) is 0.0112. The van der Waals surface area contributed by atoms with Crippen LogP contribution >= 0.6 is 11.3 Å². The lowest BCUT2D eigenvalue weighted by atomic mass is 10.3. The number of carboxylic acid groups (broad SMARTS) is 1. The highest BCUT2D eigenvalue weighted by atomic mass is 32.1. The van der Waals surface area contributed by atoms with E-state index < -0.39 is 5.97 Å². The van der Waals surface area contributed by atoms with Crippen molar-refractivity contribution in [3.8, 4) is 11.4 Å². The third kappa shape index (κ3) is 2.46. The third-order valence-corrected chi connectivity index (χ3v) is 2.87. The molecule has 0 aliphatic heterocycles. The molecule has 0 aromatic carbocycles. The summed E-state index contributed by atoms with van der Waals surface area (Å²) in [4.78, 5) is 15.7. The first kappa shape index (κ1) is 10.8. The second-order valence-corrected chi connectivity index (χ2v) is 4.47. The van der Waals surface area contributed by atoms with E-state index in [1.54, 1.807) is 11.3 Å². The molecule has 5 nitrogen and oxygen atoms in total. The Morgan fingerprint density at radius 3 is 3.06 bits per heavy atom. The van der Waals surface area contributed by atoms with Gasteiger partial charge < -0.3 is 9.63 Å². The third-order valence-electron chi connectivity index (χ3n) is 2.01. The average Bonchev–Trinajstić information content (AvgIpc) is 2.83. The van der Waals surface area contributed by atoms with Crippen molar-refractivity contribution in [2.45, 2.75) is 19.8 Å². The number of aryl methyl sites for hydroxylation is 2. The zero-order valence-corrected chi connectivity index (χ0v) is 9.45. The lowest BCUT2D eigenvalue weighted by Crippen LogP contribution is -1.97. The predicted octanol–water partition coefficient (Wildman–Crippen LogP) is 2.12. The monoisotopic (exact) mass is 238 g/mol. The number of nitrogens with zero attached hydrogens (tertiary/aromatic N) is 2.